The van der Waals surface area contributed by atoms with Crippen LogP contribution in [0.5, 0.6) is 11.5 Å². The van der Waals surface area contributed by atoms with E-state index in [1.165, 1.54) is 18.2 Å². The predicted molar refractivity (Wildman–Crippen MR) is 93.2 cm³/mol. The first-order valence-corrected chi connectivity index (χ1v) is 8.12. The highest BCUT2D eigenvalue weighted by molar-refractivity contribution is 5.92. The highest BCUT2D eigenvalue weighted by Crippen LogP contribution is 2.25. The summed E-state index contributed by atoms with van der Waals surface area (Å²) in [4.78, 5) is 27.5. The van der Waals surface area contributed by atoms with Gasteiger partial charge in [-0.05, 0) is 44.5 Å². The molecule has 0 radical (unpaired) electrons. The number of hydrogen-bond acceptors (Lipinski definition) is 5. The van der Waals surface area contributed by atoms with Crippen LogP contribution < -0.4 is 0 Å². The Morgan fingerprint density at radius 1 is 1.04 bits per heavy atom. The van der Waals surface area contributed by atoms with Crippen LogP contribution >= 0.6 is 0 Å². The minimum atomic E-state index is -0.539. The first-order chi connectivity index (χ1) is 11.7. The lowest BCUT2D eigenvalue weighted by Gasteiger charge is -2.35. The van der Waals surface area contributed by atoms with E-state index in [0.29, 0.717) is 31.7 Å². The van der Waals surface area contributed by atoms with Gasteiger partial charge in [-0.15, -0.1) is 0 Å². The molecule has 1 aliphatic heterocycles. The second-order valence-electron chi connectivity index (χ2n) is 6.87. The number of nitrogens with zero attached hydrogens (tertiary/aromatic N) is 2. The predicted octanol–water partition coefficient (Wildman–Crippen LogP) is 2.19. The monoisotopic (exact) mass is 348 g/mol. The van der Waals surface area contributed by atoms with E-state index in [-0.39, 0.29) is 23.5 Å². The van der Waals surface area contributed by atoms with Crippen LogP contribution in [0.2, 0.25) is 0 Å². The third-order valence-corrected chi connectivity index (χ3v) is 3.66. The summed E-state index contributed by atoms with van der Waals surface area (Å²) in [5.41, 5.74) is 0.0682. The minimum absolute atomic E-state index is 0.170. The molecule has 1 aromatic rings. The van der Waals surface area contributed by atoms with Crippen molar-refractivity contribution in [2.45, 2.75) is 26.4 Å². The number of rotatable bonds is 2. The van der Waals surface area contributed by atoms with Crippen molar-refractivity contribution < 1.29 is 24.5 Å². The van der Waals surface area contributed by atoms with E-state index in [9.17, 15) is 19.8 Å². The Hall–Kier alpha value is -2.70. The molecular formula is C18H24N2O5. The maximum atomic E-state index is 12.2. The molecule has 0 aliphatic carbocycles. The maximum Gasteiger partial charge on any atom is 0.410 e. The van der Waals surface area contributed by atoms with Crippen molar-refractivity contribution in [2.75, 3.05) is 26.2 Å². The van der Waals surface area contributed by atoms with Gasteiger partial charge < -0.3 is 24.7 Å². The van der Waals surface area contributed by atoms with Gasteiger partial charge in [0.15, 0.2) is 11.5 Å². The first-order valence-electron chi connectivity index (χ1n) is 8.12. The summed E-state index contributed by atoms with van der Waals surface area (Å²) in [5, 5.41) is 18.7. The van der Waals surface area contributed by atoms with Crippen LogP contribution in [-0.2, 0) is 9.53 Å². The summed E-state index contributed by atoms with van der Waals surface area (Å²) in [6, 6.07) is 4.33. The van der Waals surface area contributed by atoms with Crippen molar-refractivity contribution in [3.63, 3.8) is 0 Å². The second kappa shape index (κ2) is 7.46. The molecule has 1 aromatic carbocycles. The second-order valence-corrected chi connectivity index (χ2v) is 6.87. The summed E-state index contributed by atoms with van der Waals surface area (Å²) in [7, 11) is 0. The van der Waals surface area contributed by atoms with E-state index in [2.05, 4.69) is 0 Å². The van der Waals surface area contributed by atoms with Crippen LogP contribution in [0.25, 0.3) is 6.08 Å². The van der Waals surface area contributed by atoms with Crippen molar-refractivity contribution in [3.8, 4) is 11.5 Å². The molecule has 136 valence electrons. The molecule has 7 heteroatoms. The fraction of sp³-hybridized carbons (Fsp3) is 0.444. The SMILES string of the molecule is CC(C)(C)OC(=O)N1CCN(C(=O)/C=C/c2ccc(O)c(O)c2)CC1. The fourth-order valence-electron chi connectivity index (χ4n) is 2.35. The lowest BCUT2D eigenvalue weighted by Crippen LogP contribution is -2.51. The van der Waals surface area contributed by atoms with Crippen LogP contribution in [0.1, 0.15) is 26.3 Å². The third kappa shape index (κ3) is 5.41. The molecule has 1 aliphatic rings. The molecule has 0 spiro atoms. The summed E-state index contributed by atoms with van der Waals surface area (Å²) in [6.07, 6.45) is 2.62. The number of carbonyl (C=O) groups excluding carboxylic acids is 2. The zero-order valence-corrected chi connectivity index (χ0v) is 14.7. The number of carbonyl (C=O) groups is 2. The number of hydrogen-bond donors (Lipinski definition) is 2. The molecule has 0 bridgehead atoms. The smallest absolute Gasteiger partial charge is 0.410 e. The molecule has 2 rings (SSSR count). The summed E-state index contributed by atoms with van der Waals surface area (Å²) in [6.45, 7) is 7.17. The Morgan fingerprint density at radius 3 is 2.20 bits per heavy atom. The molecule has 1 heterocycles. The van der Waals surface area contributed by atoms with Gasteiger partial charge in [0.05, 0.1) is 0 Å². The standard InChI is InChI=1S/C18H24N2O5/c1-18(2,3)25-17(24)20-10-8-19(9-11-20)16(23)7-5-13-4-6-14(21)15(22)12-13/h4-7,12,21-22H,8-11H2,1-3H3/b7-5+. The number of ether oxygens (including phenoxy) is 1. The minimum Gasteiger partial charge on any atom is -0.504 e. The molecule has 2 N–H and O–H groups in total. The number of amides is 2. The first kappa shape index (κ1) is 18.6. The summed E-state index contributed by atoms with van der Waals surface area (Å²) >= 11 is 0. The number of phenolic OH excluding ortho intramolecular Hbond substituents is 2. The topological polar surface area (TPSA) is 90.3 Å². The van der Waals surface area contributed by atoms with Gasteiger partial charge in [0.2, 0.25) is 5.91 Å². The summed E-state index contributed by atoms with van der Waals surface area (Å²) < 4.78 is 5.32. The van der Waals surface area contributed by atoms with Crippen molar-refractivity contribution in [1.82, 2.24) is 9.80 Å². The van der Waals surface area contributed by atoms with Crippen LogP contribution in [0.15, 0.2) is 24.3 Å². The molecule has 7 nitrogen and oxygen atoms in total. The molecule has 1 saturated heterocycles. The van der Waals surface area contributed by atoms with E-state index in [1.807, 2.05) is 20.8 Å². The van der Waals surface area contributed by atoms with E-state index in [4.69, 9.17) is 4.74 Å². The maximum absolute atomic E-state index is 12.2. The molecular weight excluding hydrogens is 324 g/mol. The number of benzene rings is 1. The Bertz CT molecular complexity index is 671. The van der Waals surface area contributed by atoms with Gasteiger partial charge in [0.25, 0.3) is 0 Å². The molecule has 0 unspecified atom stereocenters. The molecule has 0 saturated carbocycles. The number of aromatic hydroxyl groups is 2. The largest absolute Gasteiger partial charge is 0.504 e. The zero-order chi connectivity index (χ0) is 18.6. The summed E-state index contributed by atoms with van der Waals surface area (Å²) in [5.74, 6) is -0.612. The van der Waals surface area contributed by atoms with Gasteiger partial charge in [-0.25, -0.2) is 4.79 Å². The van der Waals surface area contributed by atoms with Crippen molar-refractivity contribution in [1.29, 1.82) is 0 Å². The zero-order valence-electron chi connectivity index (χ0n) is 14.7. The Balaban J connectivity index is 1.87. The Morgan fingerprint density at radius 2 is 1.64 bits per heavy atom. The molecule has 25 heavy (non-hydrogen) atoms. The lowest BCUT2D eigenvalue weighted by atomic mass is 10.2. The van der Waals surface area contributed by atoms with E-state index >= 15 is 0 Å². The van der Waals surface area contributed by atoms with Crippen molar-refractivity contribution in [3.05, 3.63) is 29.8 Å². The normalized spacial score (nSPS) is 15.5. The van der Waals surface area contributed by atoms with Crippen LogP contribution in [0.3, 0.4) is 0 Å². The Labute approximate surface area is 147 Å². The quantitative estimate of drug-likeness (QED) is 0.632. The van der Waals surface area contributed by atoms with Crippen molar-refractivity contribution >= 4 is 18.1 Å². The molecule has 0 atom stereocenters. The van der Waals surface area contributed by atoms with E-state index < -0.39 is 5.60 Å². The Kier molecular flexibility index (Phi) is 5.56. The molecule has 1 fully saturated rings. The van der Waals surface area contributed by atoms with Gasteiger partial charge in [0, 0.05) is 32.3 Å². The molecule has 2 amide bonds. The van der Waals surface area contributed by atoms with E-state index in [1.54, 1.807) is 21.9 Å². The van der Waals surface area contributed by atoms with Crippen LogP contribution in [-0.4, -0.2) is 63.8 Å². The van der Waals surface area contributed by atoms with Crippen LogP contribution in [0.4, 0.5) is 4.79 Å². The average molecular weight is 348 g/mol. The van der Waals surface area contributed by atoms with E-state index in [0.717, 1.165) is 0 Å². The van der Waals surface area contributed by atoms with Crippen molar-refractivity contribution in [2.24, 2.45) is 0 Å². The molecule has 0 aromatic heterocycles. The number of piperazine rings is 1. The fourth-order valence-corrected chi connectivity index (χ4v) is 2.35. The highest BCUT2D eigenvalue weighted by Gasteiger charge is 2.26. The third-order valence-electron chi connectivity index (χ3n) is 3.66. The lowest BCUT2D eigenvalue weighted by molar-refractivity contribution is -0.127. The van der Waals surface area contributed by atoms with Gasteiger partial charge in [-0.1, -0.05) is 6.07 Å². The van der Waals surface area contributed by atoms with Crippen LogP contribution in [0, 0.1) is 0 Å². The average Bonchev–Trinajstić information content (AvgIpc) is 2.54. The van der Waals surface area contributed by atoms with Gasteiger partial charge >= 0.3 is 6.09 Å². The van der Waals surface area contributed by atoms with Gasteiger partial charge in [-0.2, -0.15) is 0 Å². The highest BCUT2D eigenvalue weighted by atomic mass is 16.6. The number of phenols is 2. The van der Waals surface area contributed by atoms with Gasteiger partial charge in [0.1, 0.15) is 5.60 Å². The van der Waals surface area contributed by atoms with Gasteiger partial charge in [-0.3, -0.25) is 4.79 Å².